The Kier molecular flexibility index (Phi) is 8.36. The summed E-state index contributed by atoms with van der Waals surface area (Å²) in [4.78, 5) is 25.4. The van der Waals surface area contributed by atoms with Crippen molar-refractivity contribution >= 4 is 11.9 Å². The molecule has 1 amide bonds. The summed E-state index contributed by atoms with van der Waals surface area (Å²) >= 11 is 0. The van der Waals surface area contributed by atoms with Gasteiger partial charge in [-0.05, 0) is 55.5 Å². The third-order valence-electron chi connectivity index (χ3n) is 4.43. The number of hydrogen-bond acceptors (Lipinski definition) is 3. The Labute approximate surface area is 160 Å². The number of amides is 1. The van der Waals surface area contributed by atoms with E-state index in [-0.39, 0.29) is 12.3 Å². The second kappa shape index (κ2) is 11.0. The van der Waals surface area contributed by atoms with E-state index >= 15 is 0 Å². The zero-order valence-corrected chi connectivity index (χ0v) is 15.8. The molecule has 2 aromatic carbocycles. The Balaban J connectivity index is 1.96. The van der Waals surface area contributed by atoms with Gasteiger partial charge in [0.2, 0.25) is 0 Å². The van der Waals surface area contributed by atoms with E-state index < -0.39 is 5.97 Å². The third-order valence-corrected chi connectivity index (χ3v) is 4.43. The molecule has 0 saturated heterocycles. The molecule has 5 heteroatoms. The van der Waals surface area contributed by atoms with Crippen LogP contribution in [0.1, 0.15) is 41.6 Å². The van der Waals surface area contributed by atoms with Gasteiger partial charge in [0, 0.05) is 25.1 Å². The molecule has 1 N–H and O–H groups in total. The number of aryl methyl sites for hydroxylation is 1. The van der Waals surface area contributed by atoms with Crippen LogP contribution in [0.15, 0.2) is 54.6 Å². The number of carbonyl (C=O) groups excluding carboxylic acids is 1. The molecule has 0 aliphatic rings. The molecule has 0 bridgehead atoms. The molecule has 0 heterocycles. The maximum Gasteiger partial charge on any atom is 0.303 e. The molecule has 0 aliphatic carbocycles. The first-order valence-corrected chi connectivity index (χ1v) is 9.29. The van der Waals surface area contributed by atoms with Crippen LogP contribution in [-0.4, -0.2) is 42.1 Å². The van der Waals surface area contributed by atoms with E-state index in [9.17, 15) is 9.59 Å². The summed E-state index contributed by atoms with van der Waals surface area (Å²) in [5.41, 5.74) is 1.87. The average Bonchev–Trinajstić information content (AvgIpc) is 2.70. The zero-order valence-electron chi connectivity index (χ0n) is 15.8. The molecule has 0 fully saturated rings. The van der Waals surface area contributed by atoms with Gasteiger partial charge < -0.3 is 14.7 Å². The van der Waals surface area contributed by atoms with Gasteiger partial charge >= 0.3 is 5.97 Å². The van der Waals surface area contributed by atoms with Gasteiger partial charge in [-0.1, -0.05) is 30.3 Å². The Morgan fingerprint density at radius 2 is 1.59 bits per heavy atom. The van der Waals surface area contributed by atoms with Crippen molar-refractivity contribution in [2.45, 2.75) is 32.1 Å². The van der Waals surface area contributed by atoms with E-state index in [1.807, 2.05) is 23.1 Å². The van der Waals surface area contributed by atoms with E-state index in [0.717, 1.165) is 12.8 Å². The molecular weight excluding hydrogens is 342 g/mol. The SMILES string of the molecule is COc1ccc(C(=O)N(CCCCC(=O)O)CCCc2ccccc2)cc1. The van der Waals surface area contributed by atoms with Crippen molar-refractivity contribution in [2.24, 2.45) is 0 Å². The molecule has 0 atom stereocenters. The molecular formula is C22H27NO4. The van der Waals surface area contributed by atoms with Gasteiger partial charge in [-0.2, -0.15) is 0 Å². The van der Waals surface area contributed by atoms with Crippen molar-refractivity contribution in [3.05, 3.63) is 65.7 Å². The molecule has 0 saturated carbocycles. The smallest absolute Gasteiger partial charge is 0.303 e. The lowest BCUT2D eigenvalue weighted by molar-refractivity contribution is -0.137. The summed E-state index contributed by atoms with van der Waals surface area (Å²) < 4.78 is 5.14. The molecule has 0 aromatic heterocycles. The normalized spacial score (nSPS) is 10.4. The Morgan fingerprint density at radius 1 is 0.926 bits per heavy atom. The highest BCUT2D eigenvalue weighted by atomic mass is 16.5. The Morgan fingerprint density at radius 3 is 2.22 bits per heavy atom. The number of carboxylic acids is 1. The van der Waals surface area contributed by atoms with Crippen molar-refractivity contribution in [2.75, 3.05) is 20.2 Å². The molecule has 2 rings (SSSR count). The van der Waals surface area contributed by atoms with Crippen LogP contribution < -0.4 is 4.74 Å². The topological polar surface area (TPSA) is 66.8 Å². The molecule has 0 aliphatic heterocycles. The van der Waals surface area contributed by atoms with E-state index in [2.05, 4.69) is 12.1 Å². The zero-order chi connectivity index (χ0) is 19.5. The van der Waals surface area contributed by atoms with Crippen LogP contribution in [0.4, 0.5) is 0 Å². The van der Waals surface area contributed by atoms with Crippen LogP contribution in [0.25, 0.3) is 0 Å². The summed E-state index contributed by atoms with van der Waals surface area (Å²) in [6.07, 6.45) is 3.15. The molecule has 27 heavy (non-hydrogen) atoms. The number of benzene rings is 2. The van der Waals surface area contributed by atoms with E-state index in [1.165, 1.54) is 5.56 Å². The van der Waals surface area contributed by atoms with Crippen LogP contribution in [0, 0.1) is 0 Å². The minimum atomic E-state index is -0.799. The number of rotatable bonds is 11. The lowest BCUT2D eigenvalue weighted by Gasteiger charge is -2.23. The quantitative estimate of drug-likeness (QED) is 0.608. The predicted octanol–water partition coefficient (Wildman–Crippen LogP) is 4.03. The van der Waals surface area contributed by atoms with Crippen LogP contribution in [-0.2, 0) is 11.2 Å². The molecule has 0 spiro atoms. The average molecular weight is 369 g/mol. The fraction of sp³-hybridized carbons (Fsp3) is 0.364. The van der Waals surface area contributed by atoms with Gasteiger partial charge in [-0.3, -0.25) is 9.59 Å². The summed E-state index contributed by atoms with van der Waals surface area (Å²) in [6, 6.07) is 17.3. The second-order valence-corrected chi connectivity index (χ2v) is 6.46. The number of methoxy groups -OCH3 is 1. The summed E-state index contributed by atoms with van der Waals surface area (Å²) in [6.45, 7) is 1.21. The van der Waals surface area contributed by atoms with Gasteiger partial charge in [0.25, 0.3) is 5.91 Å². The summed E-state index contributed by atoms with van der Waals surface area (Å²) in [5, 5.41) is 8.79. The predicted molar refractivity (Wildman–Crippen MR) is 105 cm³/mol. The largest absolute Gasteiger partial charge is 0.497 e. The highest BCUT2D eigenvalue weighted by molar-refractivity contribution is 5.94. The Hall–Kier alpha value is -2.82. The van der Waals surface area contributed by atoms with Crippen molar-refractivity contribution in [1.29, 1.82) is 0 Å². The molecule has 144 valence electrons. The number of unbranched alkanes of at least 4 members (excludes halogenated alkanes) is 1. The lowest BCUT2D eigenvalue weighted by atomic mass is 10.1. The molecule has 0 unspecified atom stereocenters. The second-order valence-electron chi connectivity index (χ2n) is 6.46. The first kappa shape index (κ1) is 20.5. The third kappa shape index (κ3) is 7.13. The van der Waals surface area contributed by atoms with Gasteiger partial charge in [-0.25, -0.2) is 0 Å². The standard InChI is InChI=1S/C22H27NO4/c1-27-20-14-12-19(13-15-20)22(26)23(16-6-5-11-21(24)25)17-7-10-18-8-3-2-4-9-18/h2-4,8-9,12-15H,5-7,10-11,16-17H2,1H3,(H,24,25). The van der Waals surface area contributed by atoms with E-state index in [1.54, 1.807) is 31.4 Å². The van der Waals surface area contributed by atoms with Crippen molar-refractivity contribution < 1.29 is 19.4 Å². The van der Waals surface area contributed by atoms with Crippen molar-refractivity contribution in [1.82, 2.24) is 4.90 Å². The number of ether oxygens (including phenoxy) is 1. The van der Waals surface area contributed by atoms with E-state index in [4.69, 9.17) is 9.84 Å². The van der Waals surface area contributed by atoms with Crippen molar-refractivity contribution in [3.8, 4) is 5.75 Å². The monoisotopic (exact) mass is 369 g/mol. The fourth-order valence-electron chi connectivity index (χ4n) is 2.93. The number of nitrogens with zero attached hydrogens (tertiary/aromatic N) is 1. The maximum absolute atomic E-state index is 12.9. The highest BCUT2D eigenvalue weighted by Crippen LogP contribution is 2.14. The first-order chi connectivity index (χ1) is 13.1. The van der Waals surface area contributed by atoms with Crippen molar-refractivity contribution in [3.63, 3.8) is 0 Å². The summed E-state index contributed by atoms with van der Waals surface area (Å²) in [7, 11) is 1.59. The van der Waals surface area contributed by atoms with Crippen LogP contribution >= 0.6 is 0 Å². The molecule has 5 nitrogen and oxygen atoms in total. The number of hydrogen-bond donors (Lipinski definition) is 1. The van der Waals surface area contributed by atoms with Crippen LogP contribution in [0.2, 0.25) is 0 Å². The first-order valence-electron chi connectivity index (χ1n) is 9.29. The van der Waals surface area contributed by atoms with E-state index in [0.29, 0.717) is 37.2 Å². The van der Waals surface area contributed by atoms with Gasteiger partial charge in [0.1, 0.15) is 5.75 Å². The number of aliphatic carboxylic acids is 1. The van der Waals surface area contributed by atoms with Gasteiger partial charge in [0.05, 0.1) is 7.11 Å². The summed E-state index contributed by atoms with van der Waals surface area (Å²) in [5.74, 6) is -0.114. The molecule has 0 radical (unpaired) electrons. The van der Waals surface area contributed by atoms with Crippen LogP contribution in [0.3, 0.4) is 0 Å². The minimum absolute atomic E-state index is 0.0268. The minimum Gasteiger partial charge on any atom is -0.497 e. The van der Waals surface area contributed by atoms with Gasteiger partial charge in [-0.15, -0.1) is 0 Å². The fourth-order valence-corrected chi connectivity index (χ4v) is 2.93. The highest BCUT2D eigenvalue weighted by Gasteiger charge is 2.15. The Bertz CT molecular complexity index is 713. The molecule has 2 aromatic rings. The number of carbonyl (C=O) groups is 2. The number of carboxylic acid groups (broad SMARTS) is 1. The maximum atomic E-state index is 12.9. The van der Waals surface area contributed by atoms with Gasteiger partial charge in [0.15, 0.2) is 0 Å². The van der Waals surface area contributed by atoms with Crippen LogP contribution in [0.5, 0.6) is 5.75 Å². The lowest BCUT2D eigenvalue weighted by Crippen LogP contribution is -2.33.